The standard InChI is InChI=1S/C28H23N5O7/c1-14-18-10-15(4-7-20(18)40-21(14)27(2)23(35)29-25(37)31-27)8-9-28(24(36)30-26(38)32-28)13-33-12-16-5-6-17(39-3)11-19(16)22(33)34/h4-7,10-11H,12-13H2,1-3H3,(H2,29,31,35,37)(H2,30,32,36,38)/t27?,28-/m1/s1. The summed E-state index contributed by atoms with van der Waals surface area (Å²) in [4.78, 5) is 63.9. The molecular formula is C28H23N5O7. The van der Waals surface area contributed by atoms with Crippen LogP contribution in [0.5, 0.6) is 5.75 Å². The predicted molar refractivity (Wildman–Crippen MR) is 139 cm³/mol. The van der Waals surface area contributed by atoms with Crippen molar-refractivity contribution in [2.45, 2.75) is 31.5 Å². The fraction of sp³-hybridized carbons (Fsp3) is 0.250. The minimum absolute atomic E-state index is 0.169. The summed E-state index contributed by atoms with van der Waals surface area (Å²) >= 11 is 0. The number of urea groups is 2. The van der Waals surface area contributed by atoms with E-state index in [1.807, 2.05) is 0 Å². The first-order chi connectivity index (χ1) is 19.0. The van der Waals surface area contributed by atoms with Crippen LogP contribution in [0.3, 0.4) is 0 Å². The molecule has 4 N–H and O–H groups in total. The van der Waals surface area contributed by atoms with Crippen LogP contribution < -0.4 is 26.0 Å². The first-order valence-corrected chi connectivity index (χ1v) is 12.3. The Bertz CT molecular complexity index is 1750. The van der Waals surface area contributed by atoms with E-state index in [1.165, 1.54) is 12.0 Å². The van der Waals surface area contributed by atoms with Crippen molar-refractivity contribution in [3.8, 4) is 17.6 Å². The van der Waals surface area contributed by atoms with Gasteiger partial charge in [-0.05, 0) is 49.7 Å². The Balaban J connectivity index is 1.33. The van der Waals surface area contributed by atoms with Crippen LogP contribution in [0, 0.1) is 18.8 Å². The number of nitrogens with one attached hydrogen (secondary N) is 4. The van der Waals surface area contributed by atoms with Crippen molar-refractivity contribution >= 4 is 40.8 Å². The summed E-state index contributed by atoms with van der Waals surface area (Å²) in [7, 11) is 1.51. The molecule has 0 radical (unpaired) electrons. The topological polar surface area (TPSA) is 159 Å². The Labute approximate surface area is 227 Å². The summed E-state index contributed by atoms with van der Waals surface area (Å²) in [5.74, 6) is 5.18. The number of benzene rings is 2. The van der Waals surface area contributed by atoms with Crippen molar-refractivity contribution in [2.75, 3.05) is 13.7 Å². The van der Waals surface area contributed by atoms with Gasteiger partial charge in [-0.15, -0.1) is 0 Å². The molecule has 1 aromatic heterocycles. The second-order valence-corrected chi connectivity index (χ2v) is 10.0. The second-order valence-electron chi connectivity index (χ2n) is 10.0. The maximum Gasteiger partial charge on any atom is 0.323 e. The van der Waals surface area contributed by atoms with Crippen molar-refractivity contribution in [1.82, 2.24) is 26.2 Å². The van der Waals surface area contributed by atoms with E-state index in [9.17, 15) is 24.0 Å². The van der Waals surface area contributed by atoms with Gasteiger partial charge in [0.1, 0.15) is 17.1 Å². The molecule has 202 valence electrons. The van der Waals surface area contributed by atoms with Gasteiger partial charge >= 0.3 is 12.1 Å². The molecule has 3 aromatic rings. The fourth-order valence-electron chi connectivity index (χ4n) is 5.27. The summed E-state index contributed by atoms with van der Waals surface area (Å²) < 4.78 is 11.2. The molecule has 4 heterocycles. The van der Waals surface area contributed by atoms with Gasteiger partial charge in [0.05, 0.1) is 13.7 Å². The number of methoxy groups -OCH3 is 1. The number of carbonyl (C=O) groups is 5. The lowest BCUT2D eigenvalue weighted by Gasteiger charge is -2.26. The molecule has 0 bridgehead atoms. The molecule has 1 unspecified atom stereocenters. The highest BCUT2D eigenvalue weighted by atomic mass is 16.5. The smallest absolute Gasteiger partial charge is 0.323 e. The number of amides is 7. The van der Waals surface area contributed by atoms with Crippen LogP contribution in [0.1, 0.15) is 39.7 Å². The first kappa shape index (κ1) is 25.0. The number of hydrogen-bond donors (Lipinski definition) is 4. The van der Waals surface area contributed by atoms with Gasteiger partial charge in [0.15, 0.2) is 5.54 Å². The lowest BCUT2D eigenvalue weighted by molar-refractivity contribution is -0.124. The van der Waals surface area contributed by atoms with Crippen LogP contribution in [0.4, 0.5) is 9.59 Å². The molecule has 2 aromatic carbocycles. The number of ether oxygens (including phenoxy) is 1. The minimum atomic E-state index is -1.68. The number of carbonyl (C=O) groups excluding carboxylic acids is 5. The summed E-state index contributed by atoms with van der Waals surface area (Å²) in [6, 6.07) is 8.93. The Kier molecular flexibility index (Phi) is 5.38. The Hall–Kier alpha value is -5.31. The molecule has 7 amide bonds. The molecule has 0 saturated carbocycles. The van der Waals surface area contributed by atoms with Gasteiger partial charge in [-0.2, -0.15) is 0 Å². The summed E-state index contributed by atoms with van der Waals surface area (Å²) in [6.07, 6.45) is 0. The highest BCUT2D eigenvalue weighted by Gasteiger charge is 2.49. The molecule has 0 aliphatic carbocycles. The van der Waals surface area contributed by atoms with Gasteiger partial charge in [-0.25, -0.2) is 9.59 Å². The Morgan fingerprint density at radius 1 is 1.00 bits per heavy atom. The number of fused-ring (bicyclic) bond motifs is 2. The van der Waals surface area contributed by atoms with E-state index in [0.717, 1.165) is 5.56 Å². The van der Waals surface area contributed by atoms with E-state index in [-0.39, 0.29) is 19.0 Å². The van der Waals surface area contributed by atoms with E-state index < -0.39 is 35.0 Å². The number of furan rings is 1. The van der Waals surface area contributed by atoms with E-state index in [4.69, 9.17) is 9.15 Å². The Morgan fingerprint density at radius 3 is 2.42 bits per heavy atom. The van der Waals surface area contributed by atoms with Gasteiger partial charge in [0.2, 0.25) is 5.54 Å². The third-order valence-corrected chi connectivity index (χ3v) is 7.42. The fourth-order valence-corrected chi connectivity index (χ4v) is 5.27. The van der Waals surface area contributed by atoms with Gasteiger partial charge < -0.3 is 24.7 Å². The SMILES string of the molecule is COc1ccc2c(c1)C(=O)N(C[C@@]1(C#Cc3ccc4oc(C5(C)NC(=O)NC5=O)c(C)c4c3)NC(=O)NC1=O)C2. The molecule has 40 heavy (non-hydrogen) atoms. The lowest BCUT2D eigenvalue weighted by Crippen LogP contribution is -2.54. The van der Waals surface area contributed by atoms with Crippen LogP contribution in [0.15, 0.2) is 40.8 Å². The van der Waals surface area contributed by atoms with Gasteiger partial charge in [-0.3, -0.25) is 25.0 Å². The van der Waals surface area contributed by atoms with Crippen LogP contribution in [-0.4, -0.2) is 53.9 Å². The van der Waals surface area contributed by atoms with Crippen molar-refractivity contribution in [1.29, 1.82) is 0 Å². The maximum absolute atomic E-state index is 13.1. The van der Waals surface area contributed by atoms with Gasteiger partial charge in [0, 0.05) is 28.6 Å². The zero-order valence-corrected chi connectivity index (χ0v) is 21.7. The molecule has 12 heteroatoms. The molecule has 12 nitrogen and oxygen atoms in total. The van der Waals surface area contributed by atoms with Crippen molar-refractivity contribution in [2.24, 2.45) is 0 Å². The number of rotatable bonds is 4. The lowest BCUT2D eigenvalue weighted by atomic mass is 9.95. The van der Waals surface area contributed by atoms with Crippen molar-refractivity contribution in [3.05, 3.63) is 64.4 Å². The third kappa shape index (κ3) is 3.74. The average molecular weight is 542 g/mol. The zero-order valence-electron chi connectivity index (χ0n) is 21.7. The number of hydrogen-bond acceptors (Lipinski definition) is 7. The molecule has 2 fully saturated rings. The number of imide groups is 2. The van der Waals surface area contributed by atoms with Crippen LogP contribution >= 0.6 is 0 Å². The minimum Gasteiger partial charge on any atom is -0.497 e. The normalized spacial score (nSPS) is 23.4. The molecule has 3 aliphatic heterocycles. The Morgan fingerprint density at radius 2 is 1.75 bits per heavy atom. The van der Waals surface area contributed by atoms with E-state index in [0.29, 0.717) is 39.2 Å². The largest absolute Gasteiger partial charge is 0.497 e. The van der Waals surface area contributed by atoms with Crippen molar-refractivity contribution in [3.63, 3.8) is 0 Å². The molecule has 0 spiro atoms. The van der Waals surface area contributed by atoms with Crippen LogP contribution in [-0.2, 0) is 21.7 Å². The van der Waals surface area contributed by atoms with E-state index in [1.54, 1.807) is 50.2 Å². The van der Waals surface area contributed by atoms with Gasteiger partial charge in [0.25, 0.3) is 17.7 Å². The van der Waals surface area contributed by atoms with Gasteiger partial charge in [-0.1, -0.05) is 17.9 Å². The summed E-state index contributed by atoms with van der Waals surface area (Å²) in [6.45, 7) is 3.39. The second kappa shape index (κ2) is 8.60. The summed E-state index contributed by atoms with van der Waals surface area (Å²) in [5, 5.41) is 10.3. The average Bonchev–Trinajstić information content (AvgIpc) is 3.59. The van der Waals surface area contributed by atoms with Crippen LogP contribution in [0.25, 0.3) is 11.0 Å². The molecule has 2 saturated heterocycles. The monoisotopic (exact) mass is 541 g/mol. The zero-order chi connectivity index (χ0) is 28.4. The molecule has 2 atom stereocenters. The molecule has 3 aliphatic rings. The van der Waals surface area contributed by atoms with E-state index in [2.05, 4.69) is 33.1 Å². The third-order valence-electron chi connectivity index (χ3n) is 7.42. The number of aryl methyl sites for hydroxylation is 1. The summed E-state index contributed by atoms with van der Waals surface area (Å²) in [5.41, 5.74) is -0.194. The quantitative estimate of drug-likeness (QED) is 0.287. The van der Waals surface area contributed by atoms with E-state index >= 15 is 0 Å². The number of nitrogens with zero attached hydrogens (tertiary/aromatic N) is 1. The maximum atomic E-state index is 13.1. The molecule has 6 rings (SSSR count). The molecular weight excluding hydrogens is 518 g/mol. The highest BCUT2D eigenvalue weighted by molar-refractivity contribution is 6.10. The first-order valence-electron chi connectivity index (χ1n) is 12.3. The highest BCUT2D eigenvalue weighted by Crippen LogP contribution is 2.35. The van der Waals surface area contributed by atoms with Crippen molar-refractivity contribution < 1.29 is 33.1 Å². The predicted octanol–water partition coefficient (Wildman–Crippen LogP) is 1.39. The van der Waals surface area contributed by atoms with Crippen LogP contribution in [0.2, 0.25) is 0 Å².